The van der Waals surface area contributed by atoms with E-state index < -0.39 is 0 Å². The predicted octanol–water partition coefficient (Wildman–Crippen LogP) is 3.71. The van der Waals surface area contributed by atoms with Gasteiger partial charge in [-0.3, -0.25) is 4.79 Å². The van der Waals surface area contributed by atoms with Gasteiger partial charge < -0.3 is 4.98 Å². The van der Waals surface area contributed by atoms with Crippen LogP contribution >= 0.6 is 45.5 Å². The Labute approximate surface area is 121 Å². The molecular formula is C11H10ClIN2OS. The monoisotopic (exact) mass is 380 g/mol. The van der Waals surface area contributed by atoms with E-state index in [1.54, 1.807) is 0 Å². The Morgan fingerprint density at radius 2 is 2.35 bits per heavy atom. The summed E-state index contributed by atoms with van der Waals surface area (Å²) in [6.07, 6.45) is 1.78. The van der Waals surface area contributed by atoms with E-state index in [1.165, 1.54) is 11.3 Å². The number of rotatable bonds is 3. The Morgan fingerprint density at radius 3 is 2.94 bits per heavy atom. The zero-order valence-corrected chi connectivity index (χ0v) is 12.8. The lowest BCUT2D eigenvalue weighted by atomic mass is 10.2. The number of halogens is 2. The van der Waals surface area contributed by atoms with Crippen molar-refractivity contribution in [2.45, 2.75) is 19.8 Å². The maximum absolute atomic E-state index is 11.8. The molecule has 0 saturated carbocycles. The Balaban J connectivity index is 2.52. The molecule has 2 aromatic heterocycles. The first-order valence-corrected chi connectivity index (χ1v) is 7.48. The second kappa shape index (κ2) is 5.49. The summed E-state index contributed by atoms with van der Waals surface area (Å²) >= 11 is 9.39. The third-order valence-corrected chi connectivity index (χ3v) is 4.62. The van der Waals surface area contributed by atoms with Crippen LogP contribution in [0.5, 0.6) is 0 Å². The summed E-state index contributed by atoms with van der Waals surface area (Å²) in [5, 5.41) is 2.50. The quantitative estimate of drug-likeness (QED) is 0.825. The van der Waals surface area contributed by atoms with Crippen LogP contribution in [-0.4, -0.2) is 9.97 Å². The van der Waals surface area contributed by atoms with Gasteiger partial charge in [-0.05, 0) is 35.1 Å². The maximum atomic E-state index is 11.8. The molecule has 0 aliphatic carbocycles. The highest BCUT2D eigenvalue weighted by Gasteiger charge is 2.10. The third-order valence-electron chi connectivity index (χ3n) is 2.22. The first kappa shape index (κ1) is 13.0. The van der Waals surface area contributed by atoms with Crippen LogP contribution in [0.4, 0.5) is 0 Å². The van der Waals surface area contributed by atoms with Gasteiger partial charge in [0.05, 0.1) is 19.2 Å². The summed E-state index contributed by atoms with van der Waals surface area (Å²) in [7, 11) is 0. The molecule has 0 amide bonds. The highest BCUT2D eigenvalue weighted by Crippen LogP contribution is 2.27. The maximum Gasteiger partial charge on any atom is 0.264 e. The van der Waals surface area contributed by atoms with Gasteiger partial charge in [0.25, 0.3) is 5.56 Å². The lowest BCUT2D eigenvalue weighted by Crippen LogP contribution is -2.16. The molecule has 0 aliphatic rings. The van der Waals surface area contributed by atoms with E-state index in [9.17, 15) is 4.79 Å². The smallest absolute Gasteiger partial charge is 0.264 e. The van der Waals surface area contributed by atoms with Crippen LogP contribution in [-0.2, 0) is 6.42 Å². The number of aromatic nitrogens is 2. The summed E-state index contributed by atoms with van der Waals surface area (Å²) in [5.74, 6) is 0.607. The molecule has 0 saturated heterocycles. The Bertz CT molecular complexity index is 593. The van der Waals surface area contributed by atoms with Crippen molar-refractivity contribution in [2.75, 3.05) is 0 Å². The lowest BCUT2D eigenvalue weighted by molar-refractivity contribution is 0.861. The number of H-pyrrole nitrogens is 1. The summed E-state index contributed by atoms with van der Waals surface area (Å²) in [6.45, 7) is 2.07. The van der Waals surface area contributed by atoms with Gasteiger partial charge in [-0.25, -0.2) is 4.98 Å². The molecule has 90 valence electrons. The van der Waals surface area contributed by atoms with E-state index in [0.717, 1.165) is 23.4 Å². The molecule has 0 atom stereocenters. The van der Waals surface area contributed by atoms with E-state index in [2.05, 4.69) is 16.9 Å². The van der Waals surface area contributed by atoms with Crippen molar-refractivity contribution in [3.8, 4) is 10.7 Å². The van der Waals surface area contributed by atoms with Gasteiger partial charge in [-0.1, -0.05) is 24.9 Å². The van der Waals surface area contributed by atoms with Crippen molar-refractivity contribution in [2.24, 2.45) is 0 Å². The summed E-state index contributed by atoms with van der Waals surface area (Å²) < 4.78 is 0.677. The molecule has 0 bridgehead atoms. The minimum absolute atomic E-state index is 0.0800. The molecule has 17 heavy (non-hydrogen) atoms. The van der Waals surface area contributed by atoms with Crippen LogP contribution in [0.25, 0.3) is 10.7 Å². The van der Waals surface area contributed by atoms with E-state index >= 15 is 0 Å². The Hall–Kier alpha value is -0.400. The van der Waals surface area contributed by atoms with Crippen LogP contribution < -0.4 is 5.56 Å². The highest BCUT2D eigenvalue weighted by atomic mass is 127. The molecule has 0 aromatic carbocycles. The third kappa shape index (κ3) is 2.89. The molecule has 0 aliphatic heterocycles. The van der Waals surface area contributed by atoms with Gasteiger partial charge in [0.15, 0.2) is 5.82 Å². The molecule has 2 aromatic rings. The van der Waals surface area contributed by atoms with Crippen molar-refractivity contribution in [1.82, 2.24) is 9.97 Å². The average molecular weight is 381 g/mol. The topological polar surface area (TPSA) is 45.8 Å². The Kier molecular flexibility index (Phi) is 4.22. The van der Waals surface area contributed by atoms with Crippen molar-refractivity contribution in [1.29, 1.82) is 0 Å². The second-order valence-corrected chi connectivity index (χ2v) is 5.98. The fraction of sp³-hybridized carbons (Fsp3) is 0.273. The van der Waals surface area contributed by atoms with Crippen LogP contribution in [0, 0.1) is 3.57 Å². The van der Waals surface area contributed by atoms with Crippen molar-refractivity contribution < 1.29 is 0 Å². The van der Waals surface area contributed by atoms with E-state index in [-0.39, 0.29) is 5.56 Å². The van der Waals surface area contributed by atoms with Crippen LogP contribution in [0.1, 0.15) is 19.0 Å². The molecule has 0 unspecified atom stereocenters. The highest BCUT2D eigenvalue weighted by molar-refractivity contribution is 14.1. The van der Waals surface area contributed by atoms with Gasteiger partial charge in [0.2, 0.25) is 0 Å². The largest absolute Gasteiger partial charge is 0.305 e. The zero-order chi connectivity index (χ0) is 12.4. The molecule has 2 rings (SSSR count). The van der Waals surface area contributed by atoms with E-state index in [4.69, 9.17) is 11.6 Å². The van der Waals surface area contributed by atoms with Crippen molar-refractivity contribution in [3.63, 3.8) is 0 Å². The molecule has 0 radical (unpaired) electrons. The molecule has 6 heteroatoms. The summed E-state index contributed by atoms with van der Waals surface area (Å²) in [4.78, 5) is 20.0. The zero-order valence-electron chi connectivity index (χ0n) is 9.09. The van der Waals surface area contributed by atoms with Gasteiger partial charge >= 0.3 is 0 Å². The van der Waals surface area contributed by atoms with Crippen molar-refractivity contribution >= 4 is 45.5 Å². The molecule has 1 N–H and O–H groups in total. The first-order valence-electron chi connectivity index (χ1n) is 5.15. The van der Waals surface area contributed by atoms with Gasteiger partial charge in [-0.15, -0.1) is 11.3 Å². The minimum atomic E-state index is -0.0800. The number of nitrogens with one attached hydrogen (secondary N) is 1. The SMILES string of the molecule is CCCc1nc(-c2cc(Cl)cs2)[nH]c(=O)c1I. The van der Waals surface area contributed by atoms with Crippen LogP contribution in [0.3, 0.4) is 0 Å². The number of hydrogen-bond acceptors (Lipinski definition) is 3. The average Bonchev–Trinajstić information content (AvgIpc) is 2.71. The van der Waals surface area contributed by atoms with E-state index in [1.807, 2.05) is 34.0 Å². The second-order valence-electron chi connectivity index (χ2n) is 3.55. The number of hydrogen-bond donors (Lipinski definition) is 1. The number of thiophene rings is 1. The lowest BCUT2D eigenvalue weighted by Gasteiger charge is -2.04. The Morgan fingerprint density at radius 1 is 1.59 bits per heavy atom. The van der Waals surface area contributed by atoms with Gasteiger partial charge in [0.1, 0.15) is 0 Å². The number of aryl methyl sites for hydroxylation is 1. The molecule has 0 fully saturated rings. The fourth-order valence-electron chi connectivity index (χ4n) is 1.46. The fourth-order valence-corrected chi connectivity index (χ4v) is 3.01. The molecule has 3 nitrogen and oxygen atoms in total. The van der Waals surface area contributed by atoms with Crippen LogP contribution in [0.2, 0.25) is 5.02 Å². The number of aromatic amines is 1. The minimum Gasteiger partial charge on any atom is -0.305 e. The predicted molar refractivity (Wildman–Crippen MR) is 79.9 cm³/mol. The first-order chi connectivity index (χ1) is 8.11. The summed E-state index contributed by atoms with van der Waals surface area (Å²) in [5.41, 5.74) is 0.778. The van der Waals surface area contributed by atoms with Gasteiger partial charge in [0, 0.05) is 5.38 Å². The van der Waals surface area contributed by atoms with E-state index in [0.29, 0.717) is 14.4 Å². The van der Waals surface area contributed by atoms with Crippen LogP contribution in [0.15, 0.2) is 16.2 Å². The number of nitrogens with zero attached hydrogens (tertiary/aromatic N) is 1. The molecular weight excluding hydrogens is 371 g/mol. The standard InChI is InChI=1S/C11H10ClIN2OS/c1-2-3-7-9(13)11(16)15-10(14-7)8-4-6(12)5-17-8/h4-5H,2-3H2,1H3,(H,14,15,16). The van der Waals surface area contributed by atoms with Gasteiger partial charge in [-0.2, -0.15) is 0 Å². The van der Waals surface area contributed by atoms with Crippen molar-refractivity contribution in [3.05, 3.63) is 36.1 Å². The summed E-state index contributed by atoms with van der Waals surface area (Å²) in [6, 6.07) is 1.81. The normalized spacial score (nSPS) is 10.8. The molecule has 2 heterocycles. The molecule has 0 spiro atoms.